The number of rotatable bonds is 6. The van der Waals surface area contributed by atoms with Crippen LogP contribution < -0.4 is 4.72 Å². The highest BCUT2D eigenvalue weighted by molar-refractivity contribution is 7.89. The highest BCUT2D eigenvalue weighted by Crippen LogP contribution is 2.38. The first-order valence-corrected chi connectivity index (χ1v) is 10.7. The first-order valence-electron chi connectivity index (χ1n) is 9.21. The number of esters is 1. The van der Waals surface area contributed by atoms with Crippen molar-refractivity contribution in [2.75, 3.05) is 0 Å². The molecule has 1 fully saturated rings. The second kappa shape index (κ2) is 7.36. The van der Waals surface area contributed by atoms with Gasteiger partial charge in [0.2, 0.25) is 5.91 Å². The molecule has 0 saturated carbocycles. The zero-order chi connectivity index (χ0) is 20.6. The second-order valence-corrected chi connectivity index (χ2v) is 8.82. The lowest BCUT2D eigenvalue weighted by molar-refractivity contribution is -0.151. The van der Waals surface area contributed by atoms with Gasteiger partial charge in [-0.05, 0) is 24.6 Å². The minimum Gasteiger partial charge on any atom is -0.456 e. The van der Waals surface area contributed by atoms with Gasteiger partial charge in [-0.3, -0.25) is 9.52 Å². The number of benzene rings is 2. The monoisotopic (exact) mass is 412 g/mol. The summed E-state index contributed by atoms with van der Waals surface area (Å²) in [7, 11) is -3.88. The summed E-state index contributed by atoms with van der Waals surface area (Å²) in [4.78, 5) is 26.2. The largest absolute Gasteiger partial charge is 0.456 e. The number of nitrogens with zero attached hydrogens (tertiary/aromatic N) is 1. The van der Waals surface area contributed by atoms with E-state index in [9.17, 15) is 18.0 Å². The predicted octanol–water partition coefficient (Wildman–Crippen LogP) is 2.23. The van der Waals surface area contributed by atoms with Crippen LogP contribution in [0.3, 0.4) is 0 Å². The van der Waals surface area contributed by atoms with Crippen molar-refractivity contribution < 1.29 is 22.7 Å². The van der Waals surface area contributed by atoms with Crippen molar-refractivity contribution in [2.24, 2.45) is 0 Å². The minimum atomic E-state index is -3.88. The molecule has 1 amide bonds. The van der Waals surface area contributed by atoms with E-state index in [1.165, 1.54) is 17.0 Å². The van der Waals surface area contributed by atoms with Crippen LogP contribution in [0.2, 0.25) is 0 Å². The van der Waals surface area contributed by atoms with Gasteiger partial charge < -0.3 is 9.64 Å². The fraction of sp³-hybridized carbons (Fsp3) is 0.238. The summed E-state index contributed by atoms with van der Waals surface area (Å²) in [6, 6.07) is 15.3. The number of amides is 1. The molecule has 2 aromatic rings. The molecule has 7 nitrogen and oxygen atoms in total. The van der Waals surface area contributed by atoms with Gasteiger partial charge >= 0.3 is 5.97 Å². The number of fused-ring (bicyclic) bond motifs is 1. The molecule has 2 heterocycles. The predicted molar refractivity (Wildman–Crippen MR) is 105 cm³/mol. The number of hydrogen-bond donors (Lipinski definition) is 1. The van der Waals surface area contributed by atoms with Crippen molar-refractivity contribution in [3.8, 4) is 0 Å². The zero-order valence-corrected chi connectivity index (χ0v) is 16.6. The Morgan fingerprint density at radius 2 is 1.79 bits per heavy atom. The SMILES string of the molecule is Cc1ccc(S(=O)(=O)NC2=C(C(=O)OCc3ccccc3)N3C(=O)C[C@H]3C2)cc1. The maximum absolute atomic E-state index is 12.8. The Bertz CT molecular complexity index is 1090. The number of carbonyl (C=O) groups excluding carboxylic acids is 2. The molecule has 0 radical (unpaired) electrons. The quantitative estimate of drug-likeness (QED) is 0.580. The molecule has 0 aromatic heterocycles. The highest BCUT2D eigenvalue weighted by Gasteiger charge is 2.48. The van der Waals surface area contributed by atoms with Crippen LogP contribution in [0, 0.1) is 6.92 Å². The van der Waals surface area contributed by atoms with Crippen molar-refractivity contribution in [3.05, 3.63) is 77.1 Å². The molecule has 1 atom stereocenters. The van der Waals surface area contributed by atoms with Crippen molar-refractivity contribution in [2.45, 2.75) is 37.3 Å². The average Bonchev–Trinajstić information content (AvgIpc) is 2.98. The third-order valence-electron chi connectivity index (χ3n) is 5.01. The third kappa shape index (κ3) is 3.75. The van der Waals surface area contributed by atoms with E-state index in [0.29, 0.717) is 0 Å². The molecule has 8 heteroatoms. The maximum atomic E-state index is 12.8. The van der Waals surface area contributed by atoms with Gasteiger partial charge in [-0.25, -0.2) is 13.2 Å². The summed E-state index contributed by atoms with van der Waals surface area (Å²) in [5, 5.41) is 0. The van der Waals surface area contributed by atoms with E-state index >= 15 is 0 Å². The van der Waals surface area contributed by atoms with Crippen LogP contribution in [-0.2, 0) is 31.0 Å². The van der Waals surface area contributed by atoms with Gasteiger partial charge in [-0.1, -0.05) is 48.0 Å². The van der Waals surface area contributed by atoms with Crippen LogP contribution in [0.4, 0.5) is 0 Å². The molecule has 0 unspecified atom stereocenters. The molecule has 1 saturated heterocycles. The molecular weight excluding hydrogens is 392 g/mol. The van der Waals surface area contributed by atoms with Crippen LogP contribution in [0.25, 0.3) is 0 Å². The van der Waals surface area contributed by atoms with Crippen LogP contribution in [0.15, 0.2) is 70.9 Å². The standard InChI is InChI=1S/C21H20N2O5S/c1-14-7-9-17(10-8-14)29(26,27)22-18-11-16-12-19(24)23(16)20(18)21(25)28-13-15-5-3-2-4-6-15/h2-10,16,22H,11-13H2,1H3/t16-/m1/s1. The third-order valence-corrected chi connectivity index (χ3v) is 6.41. The van der Waals surface area contributed by atoms with Gasteiger partial charge in [-0.2, -0.15) is 0 Å². The number of hydrogen-bond acceptors (Lipinski definition) is 5. The highest BCUT2D eigenvalue weighted by atomic mass is 32.2. The van der Waals surface area contributed by atoms with Crippen molar-refractivity contribution in [1.82, 2.24) is 9.62 Å². The molecule has 150 valence electrons. The first-order chi connectivity index (χ1) is 13.8. The number of sulfonamides is 1. The molecule has 2 aliphatic rings. The van der Waals surface area contributed by atoms with Gasteiger partial charge in [-0.15, -0.1) is 0 Å². The summed E-state index contributed by atoms with van der Waals surface area (Å²) < 4.78 is 33.4. The molecule has 4 rings (SSSR count). The maximum Gasteiger partial charge on any atom is 0.357 e. The van der Waals surface area contributed by atoms with E-state index in [-0.39, 0.29) is 47.7 Å². The Morgan fingerprint density at radius 1 is 1.10 bits per heavy atom. The Balaban J connectivity index is 1.58. The topological polar surface area (TPSA) is 92.8 Å². The van der Waals surface area contributed by atoms with E-state index in [2.05, 4.69) is 4.72 Å². The van der Waals surface area contributed by atoms with E-state index in [1.54, 1.807) is 12.1 Å². The summed E-state index contributed by atoms with van der Waals surface area (Å²) in [6.07, 6.45) is 0.553. The summed E-state index contributed by atoms with van der Waals surface area (Å²) in [5.41, 5.74) is 1.91. The smallest absolute Gasteiger partial charge is 0.357 e. The minimum absolute atomic E-state index is 0.0159. The van der Waals surface area contributed by atoms with Crippen LogP contribution in [-0.4, -0.2) is 31.2 Å². The molecule has 1 N–H and O–H groups in total. The van der Waals surface area contributed by atoms with Crippen LogP contribution in [0.1, 0.15) is 24.0 Å². The number of carbonyl (C=O) groups is 2. The molecule has 0 aliphatic carbocycles. The van der Waals surface area contributed by atoms with Crippen LogP contribution in [0.5, 0.6) is 0 Å². The average molecular weight is 412 g/mol. The molecule has 2 aliphatic heterocycles. The number of ether oxygens (including phenoxy) is 1. The fourth-order valence-electron chi connectivity index (χ4n) is 3.47. The van der Waals surface area contributed by atoms with Gasteiger partial charge in [0.25, 0.3) is 10.0 Å². The Morgan fingerprint density at radius 3 is 2.45 bits per heavy atom. The van der Waals surface area contributed by atoms with E-state index in [4.69, 9.17) is 4.74 Å². The Kier molecular flexibility index (Phi) is 4.87. The molecule has 29 heavy (non-hydrogen) atoms. The molecule has 2 aromatic carbocycles. The molecule has 0 spiro atoms. The van der Waals surface area contributed by atoms with E-state index in [0.717, 1.165) is 11.1 Å². The van der Waals surface area contributed by atoms with Gasteiger partial charge in [0.15, 0.2) is 5.70 Å². The molecule has 0 bridgehead atoms. The summed E-state index contributed by atoms with van der Waals surface area (Å²) in [5.74, 6) is -0.933. The number of aryl methyl sites for hydroxylation is 1. The summed E-state index contributed by atoms with van der Waals surface area (Å²) in [6.45, 7) is 1.90. The second-order valence-electron chi connectivity index (χ2n) is 7.13. The van der Waals surface area contributed by atoms with Crippen molar-refractivity contribution in [1.29, 1.82) is 0 Å². The Labute approximate surface area is 169 Å². The number of nitrogens with one attached hydrogen (secondary N) is 1. The van der Waals surface area contributed by atoms with Gasteiger partial charge in [0.05, 0.1) is 16.6 Å². The van der Waals surface area contributed by atoms with Crippen LogP contribution >= 0.6 is 0 Å². The summed E-state index contributed by atoms with van der Waals surface area (Å²) >= 11 is 0. The zero-order valence-electron chi connectivity index (χ0n) is 15.8. The molecular formula is C21H20N2O5S. The van der Waals surface area contributed by atoms with Gasteiger partial charge in [0.1, 0.15) is 6.61 Å². The normalized spacial score (nSPS) is 18.3. The Hall–Kier alpha value is -3.13. The number of β-lactam (4-membered cyclic amide) rings is 1. The van der Waals surface area contributed by atoms with Gasteiger partial charge in [0, 0.05) is 12.8 Å². The van der Waals surface area contributed by atoms with Crippen molar-refractivity contribution >= 4 is 21.9 Å². The lowest BCUT2D eigenvalue weighted by Crippen LogP contribution is -2.49. The lowest BCUT2D eigenvalue weighted by Gasteiger charge is -2.35. The van der Waals surface area contributed by atoms with E-state index in [1.807, 2.05) is 37.3 Å². The lowest BCUT2D eigenvalue weighted by atomic mass is 10.0. The fourth-order valence-corrected chi connectivity index (χ4v) is 4.59. The first kappa shape index (κ1) is 19.2. The van der Waals surface area contributed by atoms with E-state index < -0.39 is 16.0 Å². The van der Waals surface area contributed by atoms with Crippen molar-refractivity contribution in [3.63, 3.8) is 0 Å².